The fourth-order valence-corrected chi connectivity index (χ4v) is 2.13. The lowest BCUT2D eigenvalue weighted by Crippen LogP contribution is -2.32. The van der Waals surface area contributed by atoms with Gasteiger partial charge in [-0.3, -0.25) is 4.79 Å². The minimum absolute atomic E-state index is 0.121. The average Bonchev–Trinajstić information content (AvgIpc) is 2.50. The second-order valence-electron chi connectivity index (χ2n) is 5.24. The second-order valence-corrected chi connectivity index (χ2v) is 5.68. The van der Waals surface area contributed by atoms with E-state index in [1.807, 2.05) is 0 Å². The summed E-state index contributed by atoms with van der Waals surface area (Å²) in [6.07, 6.45) is -3.06. The molecule has 2 aromatic rings. The molecule has 0 aliphatic rings. The third-order valence-electron chi connectivity index (χ3n) is 3.30. The Kier molecular flexibility index (Phi) is 5.33. The molecule has 4 nitrogen and oxygen atoms in total. The van der Waals surface area contributed by atoms with E-state index in [1.54, 1.807) is 13.0 Å². The average molecular weight is 358 g/mol. The predicted molar refractivity (Wildman–Crippen MR) is 87.1 cm³/mol. The summed E-state index contributed by atoms with van der Waals surface area (Å²) in [7, 11) is 0. The van der Waals surface area contributed by atoms with Crippen LogP contribution < -0.4 is 10.6 Å². The first kappa shape index (κ1) is 18.1. The van der Waals surface area contributed by atoms with Crippen LogP contribution in [-0.4, -0.2) is 16.9 Å². The van der Waals surface area contributed by atoms with Gasteiger partial charge in [-0.05, 0) is 43.7 Å². The van der Waals surface area contributed by atoms with Gasteiger partial charge in [-0.15, -0.1) is 0 Å². The van der Waals surface area contributed by atoms with Crippen molar-refractivity contribution >= 4 is 29.0 Å². The summed E-state index contributed by atoms with van der Waals surface area (Å²) in [5, 5.41) is 5.73. The highest BCUT2D eigenvalue weighted by Crippen LogP contribution is 2.33. The third-order valence-corrected chi connectivity index (χ3v) is 3.52. The fraction of sp³-hybridized carbons (Fsp3) is 0.250. The van der Waals surface area contributed by atoms with E-state index in [0.29, 0.717) is 10.8 Å². The Hall–Kier alpha value is -2.28. The minimum atomic E-state index is -4.44. The van der Waals surface area contributed by atoms with E-state index in [9.17, 15) is 18.0 Å². The molecule has 0 aliphatic heterocycles. The summed E-state index contributed by atoms with van der Waals surface area (Å²) in [6.45, 7) is 2.92. The minimum Gasteiger partial charge on any atom is -0.374 e. The van der Waals surface area contributed by atoms with E-state index >= 15 is 0 Å². The number of hydrogen-bond donors (Lipinski definition) is 2. The van der Waals surface area contributed by atoms with E-state index in [-0.39, 0.29) is 11.3 Å². The Labute approximate surface area is 142 Å². The van der Waals surface area contributed by atoms with E-state index in [2.05, 4.69) is 15.6 Å². The number of benzene rings is 1. The number of aryl methyl sites for hydroxylation is 1. The lowest BCUT2D eigenvalue weighted by Gasteiger charge is -2.17. The van der Waals surface area contributed by atoms with E-state index in [4.69, 9.17) is 11.6 Å². The lowest BCUT2D eigenvalue weighted by molar-refractivity contribution is -0.138. The van der Waals surface area contributed by atoms with Crippen LogP contribution in [0.25, 0.3) is 0 Å². The molecule has 0 saturated heterocycles. The number of hydrogen-bond acceptors (Lipinski definition) is 3. The number of carbonyl (C=O) groups is 1. The summed E-state index contributed by atoms with van der Waals surface area (Å²) in [6, 6.07) is 6.18. The summed E-state index contributed by atoms with van der Waals surface area (Å²) in [5.41, 5.74) is -0.408. The summed E-state index contributed by atoms with van der Waals surface area (Å²) in [5.74, 6) is -0.128. The van der Waals surface area contributed by atoms with Crippen LogP contribution in [-0.2, 0) is 11.0 Å². The zero-order valence-corrected chi connectivity index (χ0v) is 13.7. The lowest BCUT2D eigenvalue weighted by atomic mass is 10.1. The Morgan fingerprint density at radius 1 is 1.25 bits per heavy atom. The van der Waals surface area contributed by atoms with Gasteiger partial charge < -0.3 is 10.6 Å². The molecule has 24 heavy (non-hydrogen) atoms. The molecule has 2 N–H and O–H groups in total. The van der Waals surface area contributed by atoms with Gasteiger partial charge in [-0.1, -0.05) is 17.7 Å². The van der Waals surface area contributed by atoms with E-state index in [0.717, 1.165) is 6.07 Å². The molecule has 1 atom stereocenters. The smallest absolute Gasteiger partial charge is 0.374 e. The molecule has 1 amide bonds. The Morgan fingerprint density at radius 2 is 1.96 bits per heavy atom. The van der Waals surface area contributed by atoms with Gasteiger partial charge in [0, 0.05) is 11.9 Å². The highest BCUT2D eigenvalue weighted by atomic mass is 35.5. The second kappa shape index (κ2) is 7.09. The number of alkyl halides is 3. The molecule has 0 bridgehead atoms. The van der Waals surface area contributed by atoms with Crippen molar-refractivity contribution in [3.8, 4) is 0 Å². The van der Waals surface area contributed by atoms with Gasteiger partial charge in [0.25, 0.3) is 0 Å². The van der Waals surface area contributed by atoms with Crippen LogP contribution in [0.1, 0.15) is 18.1 Å². The molecule has 1 aromatic heterocycles. The zero-order valence-electron chi connectivity index (χ0n) is 12.9. The van der Waals surface area contributed by atoms with Crippen LogP contribution in [0.5, 0.6) is 0 Å². The van der Waals surface area contributed by atoms with Crippen LogP contribution in [0.2, 0.25) is 5.02 Å². The molecule has 2 rings (SSSR count). The number of nitrogens with zero attached hydrogens (tertiary/aromatic N) is 1. The van der Waals surface area contributed by atoms with Gasteiger partial charge >= 0.3 is 6.18 Å². The molecule has 128 valence electrons. The van der Waals surface area contributed by atoms with Crippen molar-refractivity contribution in [2.24, 2.45) is 0 Å². The van der Waals surface area contributed by atoms with Crippen LogP contribution in [0.15, 0.2) is 36.5 Å². The van der Waals surface area contributed by atoms with Crippen molar-refractivity contribution in [3.05, 3.63) is 52.7 Å². The van der Waals surface area contributed by atoms with Crippen LogP contribution in [0, 0.1) is 6.92 Å². The summed E-state index contributed by atoms with van der Waals surface area (Å²) in [4.78, 5) is 16.0. The van der Waals surface area contributed by atoms with Crippen molar-refractivity contribution in [1.29, 1.82) is 0 Å². The standard InChI is InChI=1S/C16H15ClF3N3O/c1-9-3-5-12(7-13(9)16(18,19)20)22-10(2)15(24)23-14-6-4-11(17)8-21-14/h3-8,10,22H,1-2H3,(H,21,23,24)/t10-/m1/s1. The Bertz CT molecular complexity index is 732. The molecule has 0 radical (unpaired) electrons. The van der Waals surface area contributed by atoms with E-state index in [1.165, 1.54) is 31.3 Å². The maximum atomic E-state index is 12.9. The van der Waals surface area contributed by atoms with Gasteiger partial charge in [-0.2, -0.15) is 13.2 Å². The molecule has 1 aromatic carbocycles. The number of anilines is 2. The Morgan fingerprint density at radius 3 is 2.54 bits per heavy atom. The largest absolute Gasteiger partial charge is 0.416 e. The van der Waals surface area contributed by atoms with Crippen molar-refractivity contribution in [2.75, 3.05) is 10.6 Å². The van der Waals surface area contributed by atoms with Crippen molar-refractivity contribution < 1.29 is 18.0 Å². The first-order valence-electron chi connectivity index (χ1n) is 7.03. The highest BCUT2D eigenvalue weighted by Gasteiger charge is 2.32. The van der Waals surface area contributed by atoms with Gasteiger partial charge in [0.05, 0.1) is 10.6 Å². The maximum absolute atomic E-state index is 12.9. The van der Waals surface area contributed by atoms with Crippen LogP contribution in [0.4, 0.5) is 24.7 Å². The normalized spacial score (nSPS) is 12.6. The van der Waals surface area contributed by atoms with Gasteiger partial charge in [0.2, 0.25) is 5.91 Å². The summed E-state index contributed by atoms with van der Waals surface area (Å²) >= 11 is 5.70. The highest BCUT2D eigenvalue weighted by molar-refractivity contribution is 6.30. The van der Waals surface area contributed by atoms with Crippen molar-refractivity contribution in [2.45, 2.75) is 26.1 Å². The zero-order chi connectivity index (χ0) is 17.9. The van der Waals surface area contributed by atoms with Crippen molar-refractivity contribution in [3.63, 3.8) is 0 Å². The van der Waals surface area contributed by atoms with Crippen molar-refractivity contribution in [1.82, 2.24) is 4.98 Å². The molecule has 8 heteroatoms. The molecule has 0 spiro atoms. The first-order valence-corrected chi connectivity index (χ1v) is 7.41. The molecule has 0 saturated carbocycles. The molecule has 0 fully saturated rings. The monoisotopic (exact) mass is 357 g/mol. The number of halogens is 4. The first-order chi connectivity index (χ1) is 11.2. The van der Waals surface area contributed by atoms with E-state index < -0.39 is 23.7 Å². The number of nitrogens with one attached hydrogen (secondary N) is 2. The number of aromatic nitrogens is 1. The molecule has 1 heterocycles. The molecule has 0 unspecified atom stereocenters. The van der Waals surface area contributed by atoms with Crippen LogP contribution >= 0.6 is 11.6 Å². The quantitative estimate of drug-likeness (QED) is 0.847. The SMILES string of the molecule is Cc1ccc(N[C@H](C)C(=O)Nc2ccc(Cl)cn2)cc1C(F)(F)F. The number of amides is 1. The number of pyridine rings is 1. The topological polar surface area (TPSA) is 54.0 Å². The maximum Gasteiger partial charge on any atom is 0.416 e. The summed E-state index contributed by atoms with van der Waals surface area (Å²) < 4.78 is 38.8. The fourth-order valence-electron chi connectivity index (χ4n) is 2.02. The van der Waals surface area contributed by atoms with Crippen LogP contribution in [0.3, 0.4) is 0 Å². The van der Waals surface area contributed by atoms with Gasteiger partial charge in [-0.25, -0.2) is 4.98 Å². The predicted octanol–water partition coefficient (Wildman–Crippen LogP) is 4.50. The van der Waals surface area contributed by atoms with Gasteiger partial charge in [0.1, 0.15) is 11.9 Å². The van der Waals surface area contributed by atoms with Gasteiger partial charge in [0.15, 0.2) is 0 Å². The third kappa shape index (κ3) is 4.61. The number of rotatable bonds is 4. The molecule has 0 aliphatic carbocycles. The molecular formula is C16H15ClF3N3O. The number of carbonyl (C=O) groups excluding carboxylic acids is 1. The molecular weight excluding hydrogens is 343 g/mol. The Balaban J connectivity index is 2.07.